The molecule has 4 atom stereocenters. The number of fused-ring (bicyclic) bond motifs is 1. The lowest BCUT2D eigenvalue weighted by molar-refractivity contribution is -0.139. The molecule has 5 heteroatoms. The number of piperidine rings is 1. The summed E-state index contributed by atoms with van der Waals surface area (Å²) in [6.07, 6.45) is 11.3. The van der Waals surface area contributed by atoms with Gasteiger partial charge in [-0.1, -0.05) is 48.6 Å². The molecule has 0 spiro atoms. The van der Waals surface area contributed by atoms with Crippen molar-refractivity contribution in [2.45, 2.75) is 43.6 Å². The highest BCUT2D eigenvalue weighted by atomic mass is 16.5. The van der Waals surface area contributed by atoms with Gasteiger partial charge in [0.15, 0.2) is 0 Å². The van der Waals surface area contributed by atoms with Crippen molar-refractivity contribution in [1.82, 2.24) is 10.2 Å². The van der Waals surface area contributed by atoms with Gasteiger partial charge < -0.3 is 9.64 Å². The first-order chi connectivity index (χ1) is 14.6. The zero-order valence-corrected chi connectivity index (χ0v) is 17.4. The molecule has 0 aromatic heterocycles. The Hall–Kier alpha value is -2.24. The Morgan fingerprint density at radius 1 is 1.13 bits per heavy atom. The van der Waals surface area contributed by atoms with Crippen molar-refractivity contribution in [3.05, 3.63) is 59.7 Å². The molecule has 30 heavy (non-hydrogen) atoms. The van der Waals surface area contributed by atoms with Crippen LogP contribution in [0, 0.1) is 11.8 Å². The van der Waals surface area contributed by atoms with Crippen LogP contribution in [0.3, 0.4) is 0 Å². The van der Waals surface area contributed by atoms with Gasteiger partial charge in [0.25, 0.3) is 0 Å². The summed E-state index contributed by atoms with van der Waals surface area (Å²) >= 11 is 0. The molecule has 0 radical (unpaired) electrons. The Morgan fingerprint density at radius 2 is 2.00 bits per heavy atom. The predicted molar refractivity (Wildman–Crippen MR) is 115 cm³/mol. The molecular weight excluding hydrogens is 376 g/mol. The lowest BCUT2D eigenvalue weighted by atomic mass is 9.65. The number of hydrogen-bond acceptors (Lipinski definition) is 4. The summed E-state index contributed by atoms with van der Waals surface area (Å²) in [7, 11) is 0. The number of benzene rings is 1. The van der Waals surface area contributed by atoms with E-state index in [0.29, 0.717) is 18.8 Å². The van der Waals surface area contributed by atoms with Crippen LogP contribution in [0.4, 0.5) is 0 Å². The lowest BCUT2D eigenvalue weighted by Crippen LogP contribution is -2.55. The molecule has 0 bridgehead atoms. The molecule has 1 aromatic rings. The van der Waals surface area contributed by atoms with E-state index in [1.807, 2.05) is 18.2 Å². The molecule has 3 unspecified atom stereocenters. The second-order valence-corrected chi connectivity index (χ2v) is 9.12. The van der Waals surface area contributed by atoms with Gasteiger partial charge in [-0.05, 0) is 61.7 Å². The maximum absolute atomic E-state index is 13.2. The normalized spacial score (nSPS) is 34.0. The zero-order chi connectivity index (χ0) is 20.6. The molecule has 1 aromatic carbocycles. The second kappa shape index (κ2) is 8.12. The van der Waals surface area contributed by atoms with E-state index in [2.05, 4.69) is 40.6 Å². The Morgan fingerprint density at radius 3 is 2.83 bits per heavy atom. The number of carbonyl (C=O) groups is 2. The molecule has 3 saturated heterocycles. The maximum atomic E-state index is 13.2. The van der Waals surface area contributed by atoms with Gasteiger partial charge in [-0.3, -0.25) is 14.9 Å². The average molecular weight is 407 g/mol. The first-order valence-corrected chi connectivity index (χ1v) is 11.3. The van der Waals surface area contributed by atoms with Gasteiger partial charge >= 0.3 is 0 Å². The second-order valence-electron chi connectivity index (χ2n) is 9.12. The van der Waals surface area contributed by atoms with Gasteiger partial charge in [0.05, 0.1) is 18.1 Å². The van der Waals surface area contributed by atoms with Crippen molar-refractivity contribution < 1.29 is 14.3 Å². The van der Waals surface area contributed by atoms with E-state index < -0.39 is 5.41 Å². The van der Waals surface area contributed by atoms with Gasteiger partial charge in [-0.2, -0.15) is 0 Å². The molecule has 2 amide bonds. The summed E-state index contributed by atoms with van der Waals surface area (Å²) in [6.45, 7) is 3.80. The molecular formula is C25H30N2O3. The molecule has 3 fully saturated rings. The third-order valence-corrected chi connectivity index (χ3v) is 7.46. The largest absolute Gasteiger partial charge is 0.369 e. The highest BCUT2D eigenvalue weighted by molar-refractivity contribution is 6.03. The fourth-order valence-corrected chi connectivity index (χ4v) is 5.79. The maximum Gasteiger partial charge on any atom is 0.237 e. The number of likely N-dealkylation sites (tertiary alicyclic amines) is 1. The standard InChI is InChI=1S/C25H30N2O3/c28-23-8-12-25(24(29)26-23,20-4-2-1-3-5-20)21-10-14-27(17-21)13-9-18-6-7-22-19(16-18)11-15-30-22/h1-7,16,18,21-22H,8-15,17H2,(H,26,28,29)/t18?,21-,22?,25?/m1/s1. The third-order valence-electron chi connectivity index (χ3n) is 7.46. The Kier molecular flexibility index (Phi) is 5.34. The SMILES string of the molecule is O=C1CCC(c2ccccc2)([C@@H]2CCN(CCC3C=CC4OCCC4=C3)C2)C(=O)N1. The van der Waals surface area contributed by atoms with Crippen LogP contribution in [-0.4, -0.2) is 49.1 Å². The number of nitrogens with one attached hydrogen (secondary N) is 1. The average Bonchev–Trinajstić information content (AvgIpc) is 3.43. The minimum Gasteiger partial charge on any atom is -0.369 e. The number of nitrogens with zero attached hydrogens (tertiary/aromatic N) is 1. The zero-order valence-electron chi connectivity index (χ0n) is 17.4. The van der Waals surface area contributed by atoms with Gasteiger partial charge in [-0.15, -0.1) is 0 Å². The number of rotatable bonds is 5. The van der Waals surface area contributed by atoms with Crippen molar-refractivity contribution in [3.63, 3.8) is 0 Å². The van der Waals surface area contributed by atoms with Crippen LogP contribution in [0.5, 0.6) is 0 Å². The summed E-state index contributed by atoms with van der Waals surface area (Å²) in [5.74, 6) is 0.466. The number of allylic oxidation sites excluding steroid dienone is 2. The van der Waals surface area contributed by atoms with Crippen LogP contribution in [-0.2, 0) is 19.7 Å². The number of imide groups is 1. The Balaban J connectivity index is 1.27. The van der Waals surface area contributed by atoms with Crippen LogP contribution in [0.2, 0.25) is 0 Å². The van der Waals surface area contributed by atoms with E-state index in [9.17, 15) is 9.59 Å². The molecule has 4 aliphatic rings. The minimum absolute atomic E-state index is 0.107. The lowest BCUT2D eigenvalue weighted by Gasteiger charge is -2.40. The summed E-state index contributed by atoms with van der Waals surface area (Å²) < 4.78 is 5.71. The van der Waals surface area contributed by atoms with Crippen LogP contribution in [0.1, 0.15) is 37.7 Å². The van der Waals surface area contributed by atoms with Crippen LogP contribution in [0.25, 0.3) is 0 Å². The van der Waals surface area contributed by atoms with Crippen LogP contribution >= 0.6 is 0 Å². The molecule has 1 N–H and O–H groups in total. The molecule has 5 nitrogen and oxygen atoms in total. The molecule has 5 rings (SSSR count). The summed E-state index contributed by atoms with van der Waals surface area (Å²) in [6, 6.07) is 10.1. The number of ether oxygens (including phenoxy) is 1. The minimum atomic E-state index is -0.592. The fraction of sp³-hybridized carbons (Fsp3) is 0.520. The number of hydrogen-bond donors (Lipinski definition) is 1. The summed E-state index contributed by atoms with van der Waals surface area (Å²) in [4.78, 5) is 27.5. The molecule has 3 aliphatic heterocycles. The van der Waals surface area contributed by atoms with Crippen LogP contribution in [0.15, 0.2) is 54.1 Å². The summed E-state index contributed by atoms with van der Waals surface area (Å²) in [5, 5.41) is 2.64. The summed E-state index contributed by atoms with van der Waals surface area (Å²) in [5.41, 5.74) is 1.90. The molecule has 158 valence electrons. The third kappa shape index (κ3) is 3.54. The highest BCUT2D eigenvalue weighted by Crippen LogP contribution is 2.43. The van der Waals surface area contributed by atoms with Crippen LogP contribution < -0.4 is 5.32 Å². The van der Waals surface area contributed by atoms with E-state index in [1.165, 1.54) is 5.57 Å². The fourth-order valence-electron chi connectivity index (χ4n) is 5.79. The smallest absolute Gasteiger partial charge is 0.237 e. The van der Waals surface area contributed by atoms with Crippen molar-refractivity contribution >= 4 is 11.8 Å². The van der Waals surface area contributed by atoms with E-state index >= 15 is 0 Å². The molecule has 1 aliphatic carbocycles. The van der Waals surface area contributed by atoms with Crippen molar-refractivity contribution in [1.29, 1.82) is 0 Å². The quantitative estimate of drug-likeness (QED) is 0.603. The van der Waals surface area contributed by atoms with Gasteiger partial charge in [-0.25, -0.2) is 0 Å². The van der Waals surface area contributed by atoms with Crippen molar-refractivity contribution in [2.24, 2.45) is 11.8 Å². The van der Waals surface area contributed by atoms with Gasteiger partial charge in [0.1, 0.15) is 0 Å². The van der Waals surface area contributed by atoms with E-state index in [-0.39, 0.29) is 23.8 Å². The van der Waals surface area contributed by atoms with Crippen molar-refractivity contribution in [2.75, 3.05) is 26.2 Å². The molecule has 3 heterocycles. The Labute approximate surface area is 178 Å². The topological polar surface area (TPSA) is 58.6 Å². The monoisotopic (exact) mass is 406 g/mol. The highest BCUT2D eigenvalue weighted by Gasteiger charge is 2.51. The van der Waals surface area contributed by atoms with Gasteiger partial charge in [0.2, 0.25) is 11.8 Å². The van der Waals surface area contributed by atoms with E-state index in [4.69, 9.17) is 4.74 Å². The van der Waals surface area contributed by atoms with Crippen molar-refractivity contribution in [3.8, 4) is 0 Å². The Bertz CT molecular complexity index is 878. The van der Waals surface area contributed by atoms with Gasteiger partial charge in [0, 0.05) is 13.0 Å². The van der Waals surface area contributed by atoms with E-state index in [1.54, 1.807) is 0 Å². The molecule has 0 saturated carbocycles. The predicted octanol–water partition coefficient (Wildman–Crippen LogP) is 2.97. The van der Waals surface area contributed by atoms with E-state index in [0.717, 1.165) is 51.1 Å². The number of carbonyl (C=O) groups excluding carboxylic acids is 2. The first kappa shape index (κ1) is 19.7. The number of amides is 2. The first-order valence-electron chi connectivity index (χ1n) is 11.3.